The molecular weight excluding hydrogens is 877 g/mol. The maximum atomic E-state index is 12.8. The van der Waals surface area contributed by atoms with Gasteiger partial charge in [0.05, 0.1) is 0 Å². The molecule has 0 N–H and O–H groups in total. The van der Waals surface area contributed by atoms with Crippen molar-refractivity contribution in [3.05, 3.63) is 85.1 Å². The summed E-state index contributed by atoms with van der Waals surface area (Å²) in [5.41, 5.74) is 0. The summed E-state index contributed by atoms with van der Waals surface area (Å²) in [4.78, 5) is 38.2. The number of carbonyl (C=O) groups excluding carboxylic acids is 3. The SMILES string of the molecule is CC/C=C\C/C=C\C/C=C\C/C=C\C/C=C\CCCC(=O)OC(COC(=O)CCCCCCC/C=C\C/C=C\CCCC)COC(=O)CCCCCCCCCCCCCCCCCCCCCCCC. The average Bonchev–Trinajstić information content (AvgIpc) is 3.37. The molecule has 0 saturated carbocycles. The monoisotopic (exact) mass is 989 g/mol. The zero-order chi connectivity index (χ0) is 51.4. The third-order valence-electron chi connectivity index (χ3n) is 12.9. The molecule has 71 heavy (non-hydrogen) atoms. The van der Waals surface area contributed by atoms with Crippen molar-refractivity contribution in [2.45, 2.75) is 297 Å². The first-order chi connectivity index (χ1) is 35.0. The number of rotatable bonds is 54. The molecule has 6 nitrogen and oxygen atoms in total. The van der Waals surface area contributed by atoms with Gasteiger partial charge < -0.3 is 14.2 Å². The highest BCUT2D eigenvalue weighted by Gasteiger charge is 2.19. The summed E-state index contributed by atoms with van der Waals surface area (Å²) in [6.07, 6.45) is 77.3. The van der Waals surface area contributed by atoms with Crippen LogP contribution in [0.2, 0.25) is 0 Å². The fourth-order valence-corrected chi connectivity index (χ4v) is 8.38. The minimum absolute atomic E-state index is 0.102. The fraction of sp³-hybridized carbons (Fsp3) is 0.738. The largest absolute Gasteiger partial charge is 0.462 e. The van der Waals surface area contributed by atoms with E-state index in [1.165, 1.54) is 141 Å². The van der Waals surface area contributed by atoms with E-state index < -0.39 is 6.10 Å². The van der Waals surface area contributed by atoms with Crippen LogP contribution in [-0.4, -0.2) is 37.2 Å². The van der Waals surface area contributed by atoms with E-state index in [9.17, 15) is 14.4 Å². The first-order valence-corrected chi connectivity index (χ1v) is 30.1. The lowest BCUT2D eigenvalue weighted by Crippen LogP contribution is -2.30. The van der Waals surface area contributed by atoms with Crippen molar-refractivity contribution in [3.8, 4) is 0 Å². The molecule has 0 radical (unpaired) electrons. The second-order valence-corrected chi connectivity index (χ2v) is 19.9. The molecule has 0 bridgehead atoms. The Morgan fingerprint density at radius 3 is 0.944 bits per heavy atom. The maximum absolute atomic E-state index is 12.8. The van der Waals surface area contributed by atoms with E-state index in [1.807, 2.05) is 0 Å². The van der Waals surface area contributed by atoms with E-state index in [2.05, 4.69) is 106 Å². The van der Waals surface area contributed by atoms with Gasteiger partial charge in [0.2, 0.25) is 0 Å². The summed E-state index contributed by atoms with van der Waals surface area (Å²) in [6, 6.07) is 0. The van der Waals surface area contributed by atoms with Gasteiger partial charge in [0.1, 0.15) is 13.2 Å². The second kappa shape index (κ2) is 59.2. The molecule has 1 atom stereocenters. The fourth-order valence-electron chi connectivity index (χ4n) is 8.38. The third-order valence-corrected chi connectivity index (χ3v) is 12.9. The summed E-state index contributed by atoms with van der Waals surface area (Å²) in [5.74, 6) is -0.966. The normalized spacial score (nSPS) is 12.7. The molecule has 0 aromatic heterocycles. The highest BCUT2D eigenvalue weighted by molar-refractivity contribution is 5.71. The van der Waals surface area contributed by atoms with Gasteiger partial charge in [0.15, 0.2) is 6.10 Å². The summed E-state index contributed by atoms with van der Waals surface area (Å²) >= 11 is 0. The van der Waals surface area contributed by atoms with Crippen molar-refractivity contribution < 1.29 is 28.6 Å². The third kappa shape index (κ3) is 57.4. The van der Waals surface area contributed by atoms with Gasteiger partial charge in [-0.2, -0.15) is 0 Å². The first-order valence-electron chi connectivity index (χ1n) is 30.1. The summed E-state index contributed by atoms with van der Waals surface area (Å²) < 4.78 is 16.8. The Balaban J connectivity index is 4.40. The number of hydrogen-bond donors (Lipinski definition) is 0. The van der Waals surface area contributed by atoms with Gasteiger partial charge in [-0.15, -0.1) is 0 Å². The van der Waals surface area contributed by atoms with Crippen LogP contribution in [0.1, 0.15) is 290 Å². The molecule has 0 aliphatic heterocycles. The van der Waals surface area contributed by atoms with Crippen molar-refractivity contribution in [2.75, 3.05) is 13.2 Å². The number of carbonyl (C=O) groups is 3. The Morgan fingerprint density at radius 2 is 0.577 bits per heavy atom. The Morgan fingerprint density at radius 1 is 0.296 bits per heavy atom. The topological polar surface area (TPSA) is 78.9 Å². The van der Waals surface area contributed by atoms with Crippen LogP contribution in [0.4, 0.5) is 0 Å². The quantitative estimate of drug-likeness (QED) is 0.0261. The predicted octanol–water partition coefficient (Wildman–Crippen LogP) is 20.3. The van der Waals surface area contributed by atoms with E-state index in [4.69, 9.17) is 14.2 Å². The molecule has 1 unspecified atom stereocenters. The molecule has 6 heteroatoms. The second-order valence-electron chi connectivity index (χ2n) is 19.9. The predicted molar refractivity (Wildman–Crippen MR) is 307 cm³/mol. The van der Waals surface area contributed by atoms with Gasteiger partial charge in [0.25, 0.3) is 0 Å². The molecule has 0 spiro atoms. The van der Waals surface area contributed by atoms with Crippen LogP contribution in [0.25, 0.3) is 0 Å². The Hall–Kier alpha value is -3.41. The molecule has 0 aromatic carbocycles. The van der Waals surface area contributed by atoms with Crippen molar-refractivity contribution in [3.63, 3.8) is 0 Å². The maximum Gasteiger partial charge on any atom is 0.306 e. The number of ether oxygens (including phenoxy) is 3. The zero-order valence-electron chi connectivity index (χ0n) is 46.7. The van der Waals surface area contributed by atoms with Gasteiger partial charge in [-0.1, -0.05) is 273 Å². The highest BCUT2D eigenvalue weighted by Crippen LogP contribution is 2.16. The van der Waals surface area contributed by atoms with E-state index in [-0.39, 0.29) is 37.5 Å². The van der Waals surface area contributed by atoms with Crippen LogP contribution in [0.15, 0.2) is 85.1 Å². The smallest absolute Gasteiger partial charge is 0.306 e. The van der Waals surface area contributed by atoms with Gasteiger partial charge in [-0.3, -0.25) is 14.4 Å². The molecule has 0 aliphatic rings. The molecule has 0 heterocycles. The first kappa shape index (κ1) is 67.6. The van der Waals surface area contributed by atoms with Gasteiger partial charge in [-0.05, 0) is 83.5 Å². The van der Waals surface area contributed by atoms with E-state index >= 15 is 0 Å². The van der Waals surface area contributed by atoms with Crippen molar-refractivity contribution in [1.82, 2.24) is 0 Å². The minimum atomic E-state index is -0.812. The minimum Gasteiger partial charge on any atom is -0.462 e. The lowest BCUT2D eigenvalue weighted by atomic mass is 10.0. The lowest BCUT2D eigenvalue weighted by Gasteiger charge is -2.18. The summed E-state index contributed by atoms with van der Waals surface area (Å²) in [6.45, 7) is 6.45. The molecule has 408 valence electrons. The Kier molecular flexibility index (Phi) is 56.3. The van der Waals surface area contributed by atoms with Crippen LogP contribution < -0.4 is 0 Å². The number of hydrogen-bond acceptors (Lipinski definition) is 6. The molecular formula is C65H112O6. The number of allylic oxidation sites excluding steroid dienone is 14. The van der Waals surface area contributed by atoms with Gasteiger partial charge in [-0.25, -0.2) is 0 Å². The standard InChI is InChI=1S/C65H112O6/c1-4-7-10-13-16-19-22-25-28-30-31-32-33-34-36-37-40-43-46-49-52-55-58-64(67)70-61-62(60-69-63(66)57-54-51-48-45-42-39-27-24-21-18-15-12-9-6-3)71-65(68)59-56-53-50-47-44-41-38-35-29-26-23-20-17-14-11-8-5-2/h8,11,15,17-18,20,24,26-27,29,38,41,47,50,62H,4-7,9-10,12-14,16,19,21-23,25,28,30-37,39-40,42-46,48-49,51-61H2,1-3H3/b11-8-,18-15-,20-17-,27-24-,29-26-,41-38-,50-47-. The van der Waals surface area contributed by atoms with E-state index in [0.717, 1.165) is 103 Å². The van der Waals surface area contributed by atoms with Crippen LogP contribution in [-0.2, 0) is 28.6 Å². The molecule has 0 aromatic rings. The molecule has 0 saturated heterocycles. The van der Waals surface area contributed by atoms with Crippen LogP contribution in [0.3, 0.4) is 0 Å². The summed E-state index contributed by atoms with van der Waals surface area (Å²) in [5, 5.41) is 0. The molecule has 0 amide bonds. The molecule has 0 rings (SSSR count). The van der Waals surface area contributed by atoms with Gasteiger partial charge >= 0.3 is 17.9 Å². The molecule has 0 aliphatic carbocycles. The van der Waals surface area contributed by atoms with Crippen LogP contribution in [0, 0.1) is 0 Å². The van der Waals surface area contributed by atoms with Crippen molar-refractivity contribution >= 4 is 17.9 Å². The van der Waals surface area contributed by atoms with Gasteiger partial charge in [0, 0.05) is 19.3 Å². The number of esters is 3. The van der Waals surface area contributed by atoms with E-state index in [0.29, 0.717) is 19.3 Å². The van der Waals surface area contributed by atoms with Crippen molar-refractivity contribution in [2.24, 2.45) is 0 Å². The number of unbranched alkanes of at least 4 members (excludes halogenated alkanes) is 29. The zero-order valence-corrected chi connectivity index (χ0v) is 46.7. The van der Waals surface area contributed by atoms with Crippen LogP contribution in [0.5, 0.6) is 0 Å². The highest BCUT2D eigenvalue weighted by atomic mass is 16.6. The van der Waals surface area contributed by atoms with Crippen LogP contribution >= 0.6 is 0 Å². The van der Waals surface area contributed by atoms with E-state index in [1.54, 1.807) is 0 Å². The molecule has 0 fully saturated rings. The Labute approximate surface area is 439 Å². The lowest BCUT2D eigenvalue weighted by molar-refractivity contribution is -0.167. The van der Waals surface area contributed by atoms with Crippen molar-refractivity contribution in [1.29, 1.82) is 0 Å². The average molecular weight is 990 g/mol. The Bertz CT molecular complexity index is 1370. The summed E-state index contributed by atoms with van der Waals surface area (Å²) in [7, 11) is 0.